The van der Waals surface area contributed by atoms with Crippen LogP contribution in [0.1, 0.15) is 16.1 Å². The average Bonchev–Trinajstić information content (AvgIpc) is 2.54. The zero-order valence-electron chi connectivity index (χ0n) is 8.48. The normalized spacial score (nSPS) is 10.9. The van der Waals surface area contributed by atoms with Crippen molar-refractivity contribution in [3.05, 3.63) is 22.1 Å². The molecule has 2 heterocycles. The quantitative estimate of drug-likeness (QED) is 0.852. The molecule has 0 atom stereocenters. The molecule has 84 valence electrons. The first-order valence-electron chi connectivity index (χ1n) is 4.44. The molecule has 0 aliphatic heterocycles. The number of nitrogens with zero attached hydrogens (tertiary/aromatic N) is 3. The molecule has 6 nitrogen and oxygen atoms in total. The maximum Gasteiger partial charge on any atom is 0.168 e. The van der Waals surface area contributed by atoms with Gasteiger partial charge < -0.3 is 10.5 Å². The van der Waals surface area contributed by atoms with Crippen molar-refractivity contribution < 1.29 is 9.53 Å². The highest BCUT2D eigenvalue weighted by Crippen LogP contribution is 2.30. The second-order valence-corrected chi connectivity index (χ2v) is 3.93. The molecule has 0 radical (unpaired) electrons. The lowest BCUT2D eigenvalue weighted by atomic mass is 10.2. The number of halogens is 1. The molecule has 2 N–H and O–H groups in total. The minimum absolute atomic E-state index is 0.303. The summed E-state index contributed by atoms with van der Waals surface area (Å²) in [4.78, 5) is 14.9. The van der Waals surface area contributed by atoms with Gasteiger partial charge in [-0.1, -0.05) is 0 Å². The number of fused-ring (bicyclic) bond motifs is 1. The van der Waals surface area contributed by atoms with E-state index in [-0.39, 0.29) is 0 Å². The second kappa shape index (κ2) is 4.18. The third kappa shape index (κ3) is 1.48. The number of carbonyl (C=O) groups excluding carboxylic acids is 1. The lowest BCUT2D eigenvalue weighted by Gasteiger charge is -1.97. The number of nitrogens with two attached hydrogens (primary N) is 1. The van der Waals surface area contributed by atoms with E-state index in [1.165, 1.54) is 10.8 Å². The van der Waals surface area contributed by atoms with Gasteiger partial charge in [0, 0.05) is 12.7 Å². The summed E-state index contributed by atoms with van der Waals surface area (Å²) in [7, 11) is 1.55. The molecule has 0 amide bonds. The molecule has 0 fully saturated rings. The van der Waals surface area contributed by atoms with E-state index in [4.69, 9.17) is 10.5 Å². The summed E-state index contributed by atoms with van der Waals surface area (Å²) >= 11 is 3.38. The van der Waals surface area contributed by atoms with E-state index in [0.29, 0.717) is 33.7 Å². The predicted octanol–water partition coefficient (Wildman–Crippen LogP) is 1.03. The van der Waals surface area contributed by atoms with Crippen molar-refractivity contribution in [1.29, 1.82) is 0 Å². The minimum Gasteiger partial charge on any atom is -0.382 e. The van der Waals surface area contributed by atoms with Crippen LogP contribution in [0.3, 0.4) is 0 Å². The molecule has 2 rings (SSSR count). The van der Waals surface area contributed by atoms with Crippen molar-refractivity contribution in [3.8, 4) is 0 Å². The number of hydrogen-bond donors (Lipinski definition) is 1. The first kappa shape index (κ1) is 11.0. The fourth-order valence-corrected chi connectivity index (χ4v) is 2.23. The average molecular weight is 285 g/mol. The number of nitrogen functional groups attached to an aromatic ring is 1. The van der Waals surface area contributed by atoms with Gasteiger partial charge in [0.15, 0.2) is 12.1 Å². The van der Waals surface area contributed by atoms with Gasteiger partial charge >= 0.3 is 0 Å². The van der Waals surface area contributed by atoms with Gasteiger partial charge in [0.25, 0.3) is 0 Å². The number of anilines is 1. The largest absolute Gasteiger partial charge is 0.382 e. The highest BCUT2D eigenvalue weighted by Gasteiger charge is 2.18. The van der Waals surface area contributed by atoms with Crippen molar-refractivity contribution in [2.45, 2.75) is 6.61 Å². The molecule has 0 bridgehead atoms. The van der Waals surface area contributed by atoms with E-state index in [1.807, 2.05) is 0 Å². The van der Waals surface area contributed by atoms with Crippen LogP contribution >= 0.6 is 15.9 Å². The Hall–Kier alpha value is -1.47. The lowest BCUT2D eigenvalue weighted by molar-refractivity contribution is 0.111. The van der Waals surface area contributed by atoms with Crippen LogP contribution in [0.5, 0.6) is 0 Å². The van der Waals surface area contributed by atoms with Crippen molar-refractivity contribution >= 4 is 33.6 Å². The standard InChI is InChI=1S/C9H9BrN4O2/c1-16-3-5-6(2-15)14-8(7(5)10)9(11)12-4-13-14/h2,4H,3H2,1H3,(H2,11,12,13). The van der Waals surface area contributed by atoms with Crippen LogP contribution in [-0.4, -0.2) is 28.0 Å². The van der Waals surface area contributed by atoms with Crippen LogP contribution < -0.4 is 5.73 Å². The van der Waals surface area contributed by atoms with Gasteiger partial charge in [-0.3, -0.25) is 4.79 Å². The van der Waals surface area contributed by atoms with Crippen LogP contribution in [0.2, 0.25) is 0 Å². The number of methoxy groups -OCH3 is 1. The number of carbonyl (C=O) groups is 1. The molecule has 0 aliphatic carbocycles. The Kier molecular flexibility index (Phi) is 2.88. The Balaban J connectivity index is 2.85. The topological polar surface area (TPSA) is 82.5 Å². The van der Waals surface area contributed by atoms with Gasteiger partial charge in [-0.2, -0.15) is 5.10 Å². The van der Waals surface area contributed by atoms with Gasteiger partial charge in [-0.15, -0.1) is 0 Å². The van der Waals surface area contributed by atoms with E-state index in [2.05, 4.69) is 26.0 Å². The zero-order valence-corrected chi connectivity index (χ0v) is 10.1. The van der Waals surface area contributed by atoms with E-state index in [9.17, 15) is 4.79 Å². The third-order valence-electron chi connectivity index (χ3n) is 2.23. The minimum atomic E-state index is 0.303. The van der Waals surface area contributed by atoms with E-state index < -0.39 is 0 Å². The molecular weight excluding hydrogens is 276 g/mol. The van der Waals surface area contributed by atoms with E-state index in [1.54, 1.807) is 7.11 Å². The number of rotatable bonds is 3. The summed E-state index contributed by atoms with van der Waals surface area (Å²) < 4.78 is 7.17. The fraction of sp³-hybridized carbons (Fsp3) is 0.222. The monoisotopic (exact) mass is 284 g/mol. The Morgan fingerprint density at radius 3 is 3.06 bits per heavy atom. The number of aldehydes is 1. The summed E-state index contributed by atoms with van der Waals surface area (Å²) in [5.74, 6) is 0.312. The van der Waals surface area contributed by atoms with Crippen molar-refractivity contribution in [2.24, 2.45) is 0 Å². The van der Waals surface area contributed by atoms with E-state index >= 15 is 0 Å². The third-order valence-corrected chi connectivity index (χ3v) is 3.08. The van der Waals surface area contributed by atoms with Crippen LogP contribution in [0.25, 0.3) is 5.52 Å². The Morgan fingerprint density at radius 2 is 2.44 bits per heavy atom. The molecule has 0 unspecified atom stereocenters. The van der Waals surface area contributed by atoms with Gasteiger partial charge in [0.1, 0.15) is 17.5 Å². The first-order chi connectivity index (χ1) is 7.70. The molecule has 0 aliphatic rings. The highest BCUT2D eigenvalue weighted by atomic mass is 79.9. The van der Waals surface area contributed by atoms with Crippen LogP contribution in [-0.2, 0) is 11.3 Å². The zero-order chi connectivity index (χ0) is 11.7. The molecule has 2 aromatic heterocycles. The SMILES string of the molecule is COCc1c(Br)c2c(N)ncnn2c1C=O. The van der Waals surface area contributed by atoms with Gasteiger partial charge in [0.2, 0.25) is 0 Å². The summed E-state index contributed by atoms with van der Waals surface area (Å²) in [6.45, 7) is 0.303. The smallest absolute Gasteiger partial charge is 0.168 e. The molecule has 0 spiro atoms. The van der Waals surface area contributed by atoms with Crippen molar-refractivity contribution in [3.63, 3.8) is 0 Å². The summed E-state index contributed by atoms with van der Waals surface area (Å²) in [6.07, 6.45) is 2.02. The van der Waals surface area contributed by atoms with Gasteiger partial charge in [-0.05, 0) is 15.9 Å². The summed E-state index contributed by atoms with van der Waals surface area (Å²) in [5.41, 5.74) is 7.44. The first-order valence-corrected chi connectivity index (χ1v) is 5.23. The molecular formula is C9H9BrN4O2. The summed E-state index contributed by atoms with van der Waals surface area (Å²) in [5, 5.41) is 3.99. The molecule has 0 saturated heterocycles. The van der Waals surface area contributed by atoms with Crippen molar-refractivity contribution in [2.75, 3.05) is 12.8 Å². The maximum atomic E-state index is 11.0. The molecule has 7 heteroatoms. The van der Waals surface area contributed by atoms with Gasteiger partial charge in [-0.25, -0.2) is 9.50 Å². The highest BCUT2D eigenvalue weighted by molar-refractivity contribution is 9.10. The lowest BCUT2D eigenvalue weighted by Crippen LogP contribution is -2.02. The Labute approximate surface area is 99.5 Å². The van der Waals surface area contributed by atoms with Crippen LogP contribution in [0, 0.1) is 0 Å². The summed E-state index contributed by atoms with van der Waals surface area (Å²) in [6, 6.07) is 0. The van der Waals surface area contributed by atoms with Crippen LogP contribution in [0.4, 0.5) is 5.82 Å². The molecule has 16 heavy (non-hydrogen) atoms. The number of ether oxygens (including phenoxy) is 1. The molecule has 2 aromatic rings. The van der Waals surface area contributed by atoms with Crippen molar-refractivity contribution in [1.82, 2.24) is 14.6 Å². The fourth-order valence-electron chi connectivity index (χ4n) is 1.54. The van der Waals surface area contributed by atoms with Crippen LogP contribution in [0.15, 0.2) is 10.8 Å². The Bertz CT molecular complexity index is 552. The van der Waals surface area contributed by atoms with Gasteiger partial charge in [0.05, 0.1) is 11.1 Å². The molecule has 0 aromatic carbocycles. The number of hydrogen-bond acceptors (Lipinski definition) is 5. The second-order valence-electron chi connectivity index (χ2n) is 3.13. The van der Waals surface area contributed by atoms with E-state index in [0.717, 1.165) is 6.29 Å². The number of aromatic nitrogens is 3. The maximum absolute atomic E-state index is 11.0. The predicted molar refractivity (Wildman–Crippen MR) is 61.2 cm³/mol. The molecule has 0 saturated carbocycles. The Morgan fingerprint density at radius 1 is 1.69 bits per heavy atom.